The van der Waals surface area contributed by atoms with E-state index in [1.165, 1.54) is 12.1 Å². The monoisotopic (exact) mass is 429 g/mol. The Labute approximate surface area is 183 Å². The van der Waals surface area contributed by atoms with Crippen LogP contribution in [-0.2, 0) is 4.79 Å². The zero-order valence-electron chi connectivity index (χ0n) is 17.3. The Bertz CT molecular complexity index is 1310. The molecule has 0 saturated carbocycles. The number of anilines is 1. The van der Waals surface area contributed by atoms with E-state index in [1.807, 2.05) is 29.2 Å². The Morgan fingerprint density at radius 1 is 1.12 bits per heavy atom. The molecule has 1 aliphatic rings. The van der Waals surface area contributed by atoms with Gasteiger partial charge in [0.05, 0.1) is 7.11 Å². The van der Waals surface area contributed by atoms with Crippen molar-refractivity contribution in [1.82, 2.24) is 15.0 Å². The SMILES string of the molecule is COc1cc(-c2ccc(F)cc2)cc2c(N3CCC3C(N)=O)nc(-c3cccnc3)nc12. The van der Waals surface area contributed by atoms with Crippen molar-refractivity contribution >= 4 is 22.6 Å². The van der Waals surface area contributed by atoms with Crippen molar-refractivity contribution in [2.24, 2.45) is 5.73 Å². The second-order valence-corrected chi connectivity index (χ2v) is 7.59. The third-order valence-electron chi connectivity index (χ3n) is 5.68. The van der Waals surface area contributed by atoms with E-state index in [-0.39, 0.29) is 5.82 Å². The van der Waals surface area contributed by atoms with Gasteiger partial charge in [0.1, 0.15) is 28.9 Å². The molecule has 2 aromatic heterocycles. The number of methoxy groups -OCH3 is 1. The summed E-state index contributed by atoms with van der Waals surface area (Å²) >= 11 is 0. The normalized spacial score (nSPS) is 15.4. The van der Waals surface area contributed by atoms with Crippen molar-refractivity contribution in [2.45, 2.75) is 12.5 Å². The first-order valence-electron chi connectivity index (χ1n) is 10.2. The molecule has 2 N–H and O–H groups in total. The van der Waals surface area contributed by atoms with Gasteiger partial charge in [-0.15, -0.1) is 0 Å². The third-order valence-corrected chi connectivity index (χ3v) is 5.68. The number of halogens is 1. The van der Waals surface area contributed by atoms with Gasteiger partial charge in [-0.05, 0) is 53.9 Å². The molecule has 0 radical (unpaired) electrons. The molecule has 1 aliphatic heterocycles. The summed E-state index contributed by atoms with van der Waals surface area (Å²) in [4.78, 5) is 27.6. The Kier molecular flexibility index (Phi) is 4.89. The lowest BCUT2D eigenvalue weighted by molar-refractivity contribution is -0.120. The minimum atomic E-state index is -0.435. The van der Waals surface area contributed by atoms with Gasteiger partial charge in [0.15, 0.2) is 5.82 Å². The Morgan fingerprint density at radius 3 is 2.56 bits per heavy atom. The largest absolute Gasteiger partial charge is 0.494 e. The third kappa shape index (κ3) is 3.39. The number of nitrogens with two attached hydrogens (primary N) is 1. The molecule has 0 spiro atoms. The molecule has 7 nitrogen and oxygen atoms in total. The van der Waals surface area contributed by atoms with Crippen molar-refractivity contribution < 1.29 is 13.9 Å². The summed E-state index contributed by atoms with van der Waals surface area (Å²) < 4.78 is 19.1. The van der Waals surface area contributed by atoms with Crippen LogP contribution < -0.4 is 15.4 Å². The van der Waals surface area contributed by atoms with Crippen molar-refractivity contribution in [3.63, 3.8) is 0 Å². The van der Waals surface area contributed by atoms with Crippen LogP contribution in [0, 0.1) is 5.82 Å². The van der Waals surface area contributed by atoms with E-state index in [2.05, 4.69) is 4.98 Å². The highest BCUT2D eigenvalue weighted by atomic mass is 19.1. The highest BCUT2D eigenvalue weighted by Gasteiger charge is 2.35. The standard InChI is InChI=1S/C24H20FN5O2/c1-32-20-12-16(14-4-6-17(25)7-5-14)11-18-21(20)28-23(15-3-2-9-27-13-15)29-24(18)30-10-8-19(30)22(26)31/h2-7,9,11-13,19H,8,10H2,1H3,(H2,26,31). The molecule has 1 saturated heterocycles. The van der Waals surface area contributed by atoms with Crippen LogP contribution in [0.5, 0.6) is 5.75 Å². The van der Waals surface area contributed by atoms with E-state index in [1.54, 1.807) is 31.6 Å². The van der Waals surface area contributed by atoms with Crippen LogP contribution in [0.3, 0.4) is 0 Å². The molecule has 1 fully saturated rings. The maximum absolute atomic E-state index is 13.4. The number of carbonyl (C=O) groups excluding carboxylic acids is 1. The number of nitrogens with zero attached hydrogens (tertiary/aromatic N) is 4. The summed E-state index contributed by atoms with van der Waals surface area (Å²) in [6.45, 7) is 0.648. The molecule has 160 valence electrons. The summed E-state index contributed by atoms with van der Waals surface area (Å²) in [6.07, 6.45) is 4.03. The topological polar surface area (TPSA) is 94.2 Å². The number of ether oxygens (including phenoxy) is 1. The van der Waals surface area contributed by atoms with Gasteiger partial charge in [-0.3, -0.25) is 9.78 Å². The molecule has 8 heteroatoms. The maximum Gasteiger partial charge on any atom is 0.240 e. The minimum Gasteiger partial charge on any atom is -0.494 e. The second kappa shape index (κ2) is 7.88. The van der Waals surface area contributed by atoms with Crippen molar-refractivity contribution in [3.8, 4) is 28.3 Å². The highest BCUT2D eigenvalue weighted by molar-refractivity contribution is 6.00. The summed E-state index contributed by atoms with van der Waals surface area (Å²) in [6, 6.07) is 13.3. The summed E-state index contributed by atoms with van der Waals surface area (Å²) in [5, 5.41) is 0.724. The minimum absolute atomic E-state index is 0.309. The zero-order valence-corrected chi connectivity index (χ0v) is 17.3. The fourth-order valence-electron chi connectivity index (χ4n) is 3.93. The number of primary amides is 1. The molecule has 0 aliphatic carbocycles. The Hall–Kier alpha value is -4.07. The molecular formula is C24H20FN5O2. The first kappa shape index (κ1) is 19.9. The van der Waals surface area contributed by atoms with Crippen LogP contribution in [0.1, 0.15) is 6.42 Å². The first-order chi connectivity index (χ1) is 15.5. The van der Waals surface area contributed by atoms with Crippen molar-refractivity contribution in [3.05, 3.63) is 66.7 Å². The molecule has 4 aromatic rings. The van der Waals surface area contributed by atoms with Gasteiger partial charge in [-0.25, -0.2) is 14.4 Å². The average Bonchev–Trinajstić information content (AvgIpc) is 2.78. The van der Waals surface area contributed by atoms with E-state index in [0.29, 0.717) is 35.9 Å². The smallest absolute Gasteiger partial charge is 0.240 e. The number of benzene rings is 2. The molecule has 1 atom stereocenters. The maximum atomic E-state index is 13.4. The van der Waals surface area contributed by atoms with Crippen LogP contribution in [0.2, 0.25) is 0 Å². The predicted molar refractivity (Wildman–Crippen MR) is 120 cm³/mol. The van der Waals surface area contributed by atoms with E-state index < -0.39 is 11.9 Å². The van der Waals surface area contributed by atoms with Crippen LogP contribution >= 0.6 is 0 Å². The van der Waals surface area contributed by atoms with Crippen LogP contribution in [0.25, 0.3) is 33.4 Å². The van der Waals surface area contributed by atoms with E-state index >= 15 is 0 Å². The van der Waals surface area contributed by atoms with Crippen molar-refractivity contribution in [1.29, 1.82) is 0 Å². The fraction of sp³-hybridized carbons (Fsp3) is 0.167. The zero-order chi connectivity index (χ0) is 22.2. The van der Waals surface area contributed by atoms with Gasteiger partial charge in [0.2, 0.25) is 5.91 Å². The lowest BCUT2D eigenvalue weighted by atomic mass is 9.99. The number of aromatic nitrogens is 3. The van der Waals surface area contributed by atoms with Gasteiger partial charge in [0, 0.05) is 29.9 Å². The molecule has 1 unspecified atom stereocenters. The average molecular weight is 429 g/mol. The molecule has 1 amide bonds. The first-order valence-corrected chi connectivity index (χ1v) is 10.2. The van der Waals surface area contributed by atoms with Gasteiger partial charge >= 0.3 is 0 Å². The number of hydrogen-bond donors (Lipinski definition) is 1. The van der Waals surface area contributed by atoms with E-state index in [4.69, 9.17) is 20.4 Å². The highest BCUT2D eigenvalue weighted by Crippen LogP contribution is 2.39. The molecule has 5 rings (SSSR count). The Morgan fingerprint density at radius 2 is 1.94 bits per heavy atom. The van der Waals surface area contributed by atoms with Crippen LogP contribution in [-0.4, -0.2) is 40.6 Å². The quantitative estimate of drug-likeness (QED) is 0.521. The second-order valence-electron chi connectivity index (χ2n) is 7.59. The van der Waals surface area contributed by atoms with Crippen LogP contribution in [0.4, 0.5) is 10.2 Å². The fourth-order valence-corrected chi connectivity index (χ4v) is 3.93. The van der Waals surface area contributed by atoms with Gasteiger partial charge in [0.25, 0.3) is 0 Å². The van der Waals surface area contributed by atoms with Gasteiger partial charge in [-0.1, -0.05) is 12.1 Å². The lowest BCUT2D eigenvalue weighted by Gasteiger charge is -2.40. The molecule has 3 heterocycles. The Balaban J connectivity index is 1.77. The lowest BCUT2D eigenvalue weighted by Crippen LogP contribution is -2.55. The number of amides is 1. The van der Waals surface area contributed by atoms with Crippen LogP contribution in [0.15, 0.2) is 60.9 Å². The van der Waals surface area contributed by atoms with Crippen molar-refractivity contribution in [2.75, 3.05) is 18.6 Å². The number of carbonyl (C=O) groups is 1. The molecule has 0 bridgehead atoms. The number of rotatable bonds is 5. The van der Waals surface area contributed by atoms with Gasteiger partial charge < -0.3 is 15.4 Å². The summed E-state index contributed by atoms with van der Waals surface area (Å²) in [5.74, 6) is 0.922. The van der Waals surface area contributed by atoms with E-state index in [9.17, 15) is 9.18 Å². The summed E-state index contributed by atoms with van der Waals surface area (Å²) in [7, 11) is 1.57. The number of hydrogen-bond acceptors (Lipinski definition) is 6. The molecule has 32 heavy (non-hydrogen) atoms. The number of pyridine rings is 1. The predicted octanol–water partition coefficient (Wildman–Crippen LogP) is 3.57. The van der Waals surface area contributed by atoms with Gasteiger partial charge in [-0.2, -0.15) is 0 Å². The molecule has 2 aromatic carbocycles. The van der Waals surface area contributed by atoms with E-state index in [0.717, 1.165) is 22.1 Å². The molecular weight excluding hydrogens is 409 g/mol. The summed E-state index contributed by atoms with van der Waals surface area (Å²) in [5.41, 5.74) is 8.62. The number of fused-ring (bicyclic) bond motifs is 1.